The summed E-state index contributed by atoms with van der Waals surface area (Å²) in [5.74, 6) is -0.444. The number of hydrogen-bond acceptors (Lipinski definition) is 5. The molecule has 6 nitrogen and oxygen atoms in total. The van der Waals surface area contributed by atoms with E-state index in [9.17, 15) is 4.79 Å². The standard InChI is InChI=1S/C12H8ClNO5/c13-10-6(7-5-9(12(15)16)19-14-7)1-2-8-11(10)18-4-3-17-8/h1-2,5H,3-4H2,(H,15,16). The Morgan fingerprint density at radius 1 is 1.32 bits per heavy atom. The van der Waals surface area contributed by atoms with Gasteiger partial charge in [-0.15, -0.1) is 0 Å². The third kappa shape index (κ3) is 2.00. The maximum absolute atomic E-state index is 10.8. The molecular formula is C12H8ClNO5. The Morgan fingerprint density at radius 2 is 2.11 bits per heavy atom. The highest BCUT2D eigenvalue weighted by Crippen LogP contribution is 2.42. The topological polar surface area (TPSA) is 81.8 Å². The van der Waals surface area contributed by atoms with E-state index in [0.29, 0.717) is 41.0 Å². The summed E-state index contributed by atoms with van der Waals surface area (Å²) in [6, 6.07) is 4.68. The minimum Gasteiger partial charge on any atom is -0.486 e. The van der Waals surface area contributed by atoms with Crippen LogP contribution in [0.4, 0.5) is 0 Å². The van der Waals surface area contributed by atoms with Crippen molar-refractivity contribution in [2.75, 3.05) is 13.2 Å². The number of fused-ring (bicyclic) bond motifs is 1. The molecule has 0 amide bonds. The van der Waals surface area contributed by atoms with E-state index in [-0.39, 0.29) is 5.76 Å². The minimum atomic E-state index is -1.19. The molecule has 0 saturated carbocycles. The van der Waals surface area contributed by atoms with Crippen LogP contribution in [0, 0.1) is 0 Å². The van der Waals surface area contributed by atoms with Crippen molar-refractivity contribution in [2.45, 2.75) is 0 Å². The van der Waals surface area contributed by atoms with Crippen molar-refractivity contribution < 1.29 is 23.9 Å². The summed E-state index contributed by atoms with van der Waals surface area (Å²) in [6.45, 7) is 0.880. The Balaban J connectivity index is 2.07. The lowest BCUT2D eigenvalue weighted by atomic mass is 10.1. The first-order chi connectivity index (χ1) is 9.16. The van der Waals surface area contributed by atoms with Gasteiger partial charge in [0.1, 0.15) is 18.9 Å². The van der Waals surface area contributed by atoms with Gasteiger partial charge in [-0.1, -0.05) is 16.8 Å². The number of ether oxygens (including phenoxy) is 2. The van der Waals surface area contributed by atoms with E-state index < -0.39 is 5.97 Å². The summed E-state index contributed by atoms with van der Waals surface area (Å²) in [6.07, 6.45) is 0. The van der Waals surface area contributed by atoms with E-state index in [0.717, 1.165) is 0 Å². The number of carbonyl (C=O) groups is 1. The summed E-state index contributed by atoms with van der Waals surface area (Å²) in [7, 11) is 0. The average molecular weight is 282 g/mol. The molecule has 1 aromatic heterocycles. The molecule has 0 fully saturated rings. The summed E-state index contributed by atoms with van der Waals surface area (Å²) in [4.78, 5) is 10.8. The number of aromatic nitrogens is 1. The number of aromatic carboxylic acids is 1. The molecule has 1 aliphatic heterocycles. The Morgan fingerprint density at radius 3 is 2.84 bits per heavy atom. The largest absolute Gasteiger partial charge is 0.486 e. The summed E-state index contributed by atoms with van der Waals surface area (Å²) in [5, 5.41) is 12.8. The van der Waals surface area contributed by atoms with Gasteiger partial charge >= 0.3 is 5.97 Å². The quantitative estimate of drug-likeness (QED) is 0.910. The number of benzene rings is 1. The fraction of sp³-hybridized carbons (Fsp3) is 0.167. The number of carboxylic acids is 1. The van der Waals surface area contributed by atoms with Crippen LogP contribution in [0.3, 0.4) is 0 Å². The van der Waals surface area contributed by atoms with Crippen LogP contribution in [0.25, 0.3) is 11.3 Å². The van der Waals surface area contributed by atoms with Crippen LogP contribution in [0.2, 0.25) is 5.02 Å². The predicted molar refractivity (Wildman–Crippen MR) is 64.9 cm³/mol. The number of halogens is 1. The first kappa shape index (κ1) is 11.9. The van der Waals surface area contributed by atoms with Gasteiger partial charge in [-0.05, 0) is 12.1 Å². The molecule has 19 heavy (non-hydrogen) atoms. The Hall–Kier alpha value is -2.21. The van der Waals surface area contributed by atoms with Gasteiger partial charge in [0.05, 0.1) is 5.02 Å². The van der Waals surface area contributed by atoms with Crippen LogP contribution in [-0.2, 0) is 0 Å². The summed E-state index contributed by atoms with van der Waals surface area (Å²) < 4.78 is 15.5. The minimum absolute atomic E-state index is 0.249. The van der Waals surface area contributed by atoms with Gasteiger partial charge in [-0.2, -0.15) is 0 Å². The third-order valence-electron chi connectivity index (χ3n) is 2.65. The van der Waals surface area contributed by atoms with Gasteiger partial charge in [0.15, 0.2) is 11.5 Å². The van der Waals surface area contributed by atoms with Crippen LogP contribution in [0.1, 0.15) is 10.6 Å². The van der Waals surface area contributed by atoms with Crippen molar-refractivity contribution in [1.29, 1.82) is 0 Å². The molecule has 1 N–H and O–H groups in total. The Bertz CT molecular complexity index is 652. The molecule has 7 heteroatoms. The van der Waals surface area contributed by atoms with Gasteiger partial charge in [0.2, 0.25) is 5.76 Å². The van der Waals surface area contributed by atoms with Crippen molar-refractivity contribution in [3.8, 4) is 22.8 Å². The zero-order valence-corrected chi connectivity index (χ0v) is 10.3. The monoisotopic (exact) mass is 281 g/mol. The highest BCUT2D eigenvalue weighted by atomic mass is 35.5. The zero-order valence-electron chi connectivity index (χ0n) is 9.55. The molecule has 2 aromatic rings. The van der Waals surface area contributed by atoms with Gasteiger partial charge in [0, 0.05) is 11.6 Å². The van der Waals surface area contributed by atoms with Crippen LogP contribution in [0.15, 0.2) is 22.7 Å². The Kier molecular flexibility index (Phi) is 2.79. The molecule has 0 atom stereocenters. The molecule has 1 aromatic carbocycles. The maximum atomic E-state index is 10.8. The Labute approximate surface area is 112 Å². The molecule has 2 heterocycles. The second-order valence-electron chi connectivity index (χ2n) is 3.83. The maximum Gasteiger partial charge on any atom is 0.374 e. The lowest BCUT2D eigenvalue weighted by Gasteiger charge is -2.20. The van der Waals surface area contributed by atoms with Gasteiger partial charge in [-0.25, -0.2) is 4.79 Å². The number of carboxylic acid groups (broad SMARTS) is 1. The SMILES string of the molecule is O=C(O)c1cc(-c2ccc3c(c2Cl)OCCO3)no1. The molecule has 98 valence electrons. The van der Waals surface area contributed by atoms with Crippen LogP contribution < -0.4 is 9.47 Å². The van der Waals surface area contributed by atoms with Crippen LogP contribution >= 0.6 is 11.6 Å². The first-order valence-corrected chi connectivity index (χ1v) is 5.83. The van der Waals surface area contributed by atoms with Crippen molar-refractivity contribution >= 4 is 17.6 Å². The van der Waals surface area contributed by atoms with Crippen molar-refractivity contribution in [1.82, 2.24) is 5.16 Å². The molecular weight excluding hydrogens is 274 g/mol. The lowest BCUT2D eigenvalue weighted by Crippen LogP contribution is -2.15. The predicted octanol–water partition coefficient (Wildman–Crippen LogP) is 2.46. The van der Waals surface area contributed by atoms with E-state index in [1.807, 2.05) is 0 Å². The van der Waals surface area contributed by atoms with E-state index in [4.69, 9.17) is 30.7 Å². The zero-order chi connectivity index (χ0) is 13.4. The molecule has 0 aliphatic carbocycles. The lowest BCUT2D eigenvalue weighted by molar-refractivity contribution is 0.0652. The fourth-order valence-electron chi connectivity index (χ4n) is 1.78. The van der Waals surface area contributed by atoms with E-state index in [1.54, 1.807) is 12.1 Å². The molecule has 0 spiro atoms. The third-order valence-corrected chi connectivity index (χ3v) is 3.02. The normalized spacial score (nSPS) is 13.3. The van der Waals surface area contributed by atoms with E-state index in [2.05, 4.69) is 5.16 Å². The summed E-state index contributed by atoms with van der Waals surface area (Å²) >= 11 is 6.22. The number of hydrogen-bond donors (Lipinski definition) is 1. The summed E-state index contributed by atoms with van der Waals surface area (Å²) in [5.41, 5.74) is 0.863. The highest BCUT2D eigenvalue weighted by Gasteiger charge is 2.21. The van der Waals surface area contributed by atoms with Crippen LogP contribution in [0.5, 0.6) is 11.5 Å². The van der Waals surface area contributed by atoms with E-state index >= 15 is 0 Å². The van der Waals surface area contributed by atoms with Crippen molar-refractivity contribution in [3.63, 3.8) is 0 Å². The molecule has 0 unspecified atom stereocenters. The fourth-order valence-corrected chi connectivity index (χ4v) is 2.09. The van der Waals surface area contributed by atoms with E-state index in [1.165, 1.54) is 6.07 Å². The highest BCUT2D eigenvalue weighted by molar-refractivity contribution is 6.35. The van der Waals surface area contributed by atoms with Crippen molar-refractivity contribution in [3.05, 3.63) is 29.0 Å². The first-order valence-electron chi connectivity index (χ1n) is 5.45. The number of rotatable bonds is 2. The van der Waals surface area contributed by atoms with Gasteiger partial charge < -0.3 is 19.1 Å². The smallest absolute Gasteiger partial charge is 0.374 e. The molecule has 0 saturated heterocycles. The van der Waals surface area contributed by atoms with Gasteiger partial charge in [-0.3, -0.25) is 0 Å². The van der Waals surface area contributed by atoms with Gasteiger partial charge in [0.25, 0.3) is 0 Å². The molecule has 0 radical (unpaired) electrons. The van der Waals surface area contributed by atoms with Crippen LogP contribution in [-0.4, -0.2) is 29.4 Å². The molecule has 1 aliphatic rings. The second-order valence-corrected chi connectivity index (χ2v) is 4.21. The molecule has 0 bridgehead atoms. The second kappa shape index (κ2) is 4.47. The van der Waals surface area contributed by atoms with Crippen molar-refractivity contribution in [2.24, 2.45) is 0 Å². The average Bonchev–Trinajstić information content (AvgIpc) is 2.89. The molecule has 3 rings (SSSR count). The number of nitrogens with zero attached hydrogens (tertiary/aromatic N) is 1.